The van der Waals surface area contributed by atoms with E-state index in [-0.39, 0.29) is 10.3 Å². The molecule has 0 aromatic heterocycles. The van der Waals surface area contributed by atoms with E-state index in [1.807, 2.05) is 0 Å². The SMILES string of the molecule is N=C(NO)[AsH]Cc1ccc([N+](=O)[O-])cc1. The fraction of sp³-hybridized carbons (Fsp3) is 0.125. The first-order valence-electron chi connectivity index (χ1n) is 4.09. The summed E-state index contributed by atoms with van der Waals surface area (Å²) in [6.07, 6.45) is 0. The normalized spacial score (nSPS) is 10.5. The number of rotatable bonds is 4. The molecule has 0 spiro atoms. The average Bonchev–Trinajstić information content (AvgIpc) is 2.26. The van der Waals surface area contributed by atoms with Crippen LogP contribution in [0.25, 0.3) is 0 Å². The number of benzene rings is 1. The molecular weight excluding hydrogens is 261 g/mol. The van der Waals surface area contributed by atoms with Crippen molar-refractivity contribution in [2.75, 3.05) is 0 Å². The number of hydrogen-bond donors (Lipinski definition) is 3. The van der Waals surface area contributed by atoms with Crippen molar-refractivity contribution in [3.8, 4) is 0 Å². The number of nitrogens with one attached hydrogen (secondary N) is 2. The zero-order chi connectivity index (χ0) is 11.3. The monoisotopic (exact) mass is 271 g/mol. The van der Waals surface area contributed by atoms with Crippen LogP contribution in [0.1, 0.15) is 5.56 Å². The minimum absolute atomic E-state index is 0.0640. The van der Waals surface area contributed by atoms with Crippen LogP contribution in [-0.4, -0.2) is 30.5 Å². The molecule has 0 aliphatic rings. The molecule has 1 aromatic rings. The number of hydrogen-bond acceptors (Lipinski definition) is 4. The second kappa shape index (κ2) is 5.48. The summed E-state index contributed by atoms with van der Waals surface area (Å²) in [5.41, 5.74) is 2.80. The van der Waals surface area contributed by atoms with Gasteiger partial charge in [0.05, 0.1) is 0 Å². The fourth-order valence-corrected chi connectivity index (χ4v) is 2.43. The number of nitrogens with zero attached hydrogens (tertiary/aromatic N) is 1. The van der Waals surface area contributed by atoms with E-state index in [1.54, 1.807) is 17.6 Å². The zero-order valence-electron chi connectivity index (χ0n) is 7.73. The Morgan fingerprint density at radius 2 is 2.13 bits per heavy atom. The third kappa shape index (κ3) is 3.69. The molecule has 0 aliphatic heterocycles. The van der Waals surface area contributed by atoms with Crippen LogP contribution in [0.5, 0.6) is 0 Å². The van der Waals surface area contributed by atoms with E-state index in [2.05, 4.69) is 0 Å². The van der Waals surface area contributed by atoms with Crippen molar-refractivity contribution in [3.63, 3.8) is 0 Å². The van der Waals surface area contributed by atoms with E-state index in [0.29, 0.717) is 5.21 Å². The number of amidine groups is 1. The standard InChI is InChI=1S/C8H10AsN3O3/c10-8(11-13)9-5-6-1-3-7(4-2-6)12(14)15/h1-4,9,13H,5H2,(H2,10,11). The summed E-state index contributed by atoms with van der Waals surface area (Å²) >= 11 is -0.721. The van der Waals surface area contributed by atoms with Crippen molar-refractivity contribution in [3.05, 3.63) is 39.9 Å². The molecule has 0 radical (unpaired) electrons. The van der Waals surface area contributed by atoms with Crippen molar-refractivity contribution < 1.29 is 10.1 Å². The van der Waals surface area contributed by atoms with Crippen LogP contribution in [0.2, 0.25) is 0 Å². The second-order valence-electron chi connectivity index (χ2n) is 2.76. The maximum atomic E-state index is 10.4. The van der Waals surface area contributed by atoms with Crippen molar-refractivity contribution >= 4 is 26.1 Å². The van der Waals surface area contributed by atoms with Crippen LogP contribution >= 0.6 is 0 Å². The van der Waals surface area contributed by atoms with E-state index in [4.69, 9.17) is 10.6 Å². The summed E-state index contributed by atoms with van der Waals surface area (Å²) in [5, 5.41) is 26.6. The van der Waals surface area contributed by atoms with Crippen LogP contribution < -0.4 is 5.48 Å². The van der Waals surface area contributed by atoms with Crippen molar-refractivity contribution in [1.82, 2.24) is 5.48 Å². The molecule has 6 nitrogen and oxygen atoms in total. The Bertz CT molecular complexity index is 366. The van der Waals surface area contributed by atoms with Gasteiger partial charge in [0.15, 0.2) is 0 Å². The summed E-state index contributed by atoms with van der Waals surface area (Å²) in [4.78, 5) is 9.91. The molecule has 3 N–H and O–H groups in total. The Balaban J connectivity index is 2.57. The van der Waals surface area contributed by atoms with Gasteiger partial charge in [-0.2, -0.15) is 0 Å². The van der Waals surface area contributed by atoms with Gasteiger partial charge in [0.25, 0.3) is 0 Å². The van der Waals surface area contributed by atoms with E-state index in [1.165, 1.54) is 12.1 Å². The van der Waals surface area contributed by atoms with E-state index < -0.39 is 20.7 Å². The van der Waals surface area contributed by atoms with Gasteiger partial charge in [-0.1, -0.05) is 0 Å². The second-order valence-corrected chi connectivity index (χ2v) is 5.30. The van der Waals surface area contributed by atoms with Gasteiger partial charge < -0.3 is 0 Å². The van der Waals surface area contributed by atoms with Gasteiger partial charge >= 0.3 is 92.2 Å². The van der Waals surface area contributed by atoms with Gasteiger partial charge in [-0.25, -0.2) is 0 Å². The van der Waals surface area contributed by atoms with Crippen LogP contribution in [0.15, 0.2) is 24.3 Å². The zero-order valence-corrected chi connectivity index (χ0v) is 9.83. The number of hydroxylamine groups is 1. The molecule has 0 saturated carbocycles. The van der Waals surface area contributed by atoms with Crippen molar-refractivity contribution in [2.45, 2.75) is 5.21 Å². The summed E-state index contributed by atoms with van der Waals surface area (Å²) in [6, 6.07) is 6.23. The first kappa shape index (κ1) is 11.7. The van der Waals surface area contributed by atoms with Gasteiger partial charge in [0, 0.05) is 0 Å². The molecule has 0 saturated heterocycles. The van der Waals surface area contributed by atoms with E-state index >= 15 is 0 Å². The minimum atomic E-state index is -0.721. The summed E-state index contributed by atoms with van der Waals surface area (Å²) in [5.74, 6) is 0. The molecule has 1 atom stereocenters. The van der Waals surface area contributed by atoms with Gasteiger partial charge in [0.2, 0.25) is 0 Å². The molecule has 1 rings (SSSR count). The van der Waals surface area contributed by atoms with E-state index in [0.717, 1.165) is 5.56 Å². The van der Waals surface area contributed by atoms with Crippen molar-refractivity contribution in [1.29, 1.82) is 5.41 Å². The molecule has 0 amide bonds. The Hall–Kier alpha value is -1.39. The molecule has 0 bridgehead atoms. The topological polar surface area (TPSA) is 99.2 Å². The van der Waals surface area contributed by atoms with Gasteiger partial charge in [-0.15, -0.1) is 0 Å². The third-order valence-electron chi connectivity index (χ3n) is 1.73. The van der Waals surface area contributed by atoms with Gasteiger partial charge in [0.1, 0.15) is 0 Å². The fourth-order valence-electron chi connectivity index (χ4n) is 0.965. The quantitative estimate of drug-likeness (QED) is 0.243. The molecular formula is C8H10AsN3O3. The number of nitro groups is 1. The Labute approximate surface area is 92.6 Å². The Kier molecular flexibility index (Phi) is 4.27. The first-order chi connectivity index (χ1) is 7.13. The van der Waals surface area contributed by atoms with Gasteiger partial charge in [-0.05, 0) is 0 Å². The first-order valence-corrected chi connectivity index (χ1v) is 6.62. The maximum absolute atomic E-state index is 10.4. The van der Waals surface area contributed by atoms with Gasteiger partial charge in [-0.3, -0.25) is 0 Å². The van der Waals surface area contributed by atoms with Crippen molar-refractivity contribution in [2.24, 2.45) is 0 Å². The van der Waals surface area contributed by atoms with Crippen LogP contribution in [-0.2, 0) is 5.21 Å². The summed E-state index contributed by atoms with van der Waals surface area (Å²) in [7, 11) is 0. The average molecular weight is 271 g/mol. The molecule has 80 valence electrons. The predicted octanol–water partition coefficient (Wildman–Crippen LogP) is 0.445. The number of non-ortho nitro benzene ring substituents is 1. The molecule has 0 fully saturated rings. The summed E-state index contributed by atoms with van der Waals surface area (Å²) in [6.45, 7) is 0. The van der Waals surface area contributed by atoms with E-state index in [9.17, 15) is 10.1 Å². The summed E-state index contributed by atoms with van der Waals surface area (Å²) < 4.78 is 0.147. The molecule has 0 heterocycles. The molecule has 1 unspecified atom stereocenters. The Morgan fingerprint density at radius 3 is 2.60 bits per heavy atom. The van der Waals surface area contributed by atoms with Crippen LogP contribution in [0.3, 0.4) is 0 Å². The molecule has 15 heavy (non-hydrogen) atoms. The molecule has 0 aliphatic carbocycles. The molecule has 1 aromatic carbocycles. The predicted molar refractivity (Wildman–Crippen MR) is 56.6 cm³/mol. The number of nitro benzene ring substituents is 1. The third-order valence-corrected chi connectivity index (χ3v) is 3.93. The van der Waals surface area contributed by atoms with Crippen LogP contribution in [0, 0.1) is 15.5 Å². The van der Waals surface area contributed by atoms with Crippen LogP contribution in [0.4, 0.5) is 5.69 Å². The Morgan fingerprint density at radius 1 is 1.53 bits per heavy atom. The molecule has 7 heteroatoms.